The summed E-state index contributed by atoms with van der Waals surface area (Å²) in [4.78, 5) is 28.2. The maximum atomic E-state index is 12.3. The molecule has 2 rings (SSSR count). The SMILES string of the molecule is CCN(Cc1ccccc1)C(=O)CC(=O)NCCN1CCOCC1. The summed E-state index contributed by atoms with van der Waals surface area (Å²) in [6.45, 7) is 7.71. The molecule has 0 unspecified atom stereocenters. The second kappa shape index (κ2) is 10.1. The molecule has 1 aliphatic rings. The minimum atomic E-state index is -0.209. The van der Waals surface area contributed by atoms with E-state index < -0.39 is 0 Å². The number of hydrogen-bond donors (Lipinski definition) is 1. The summed E-state index contributed by atoms with van der Waals surface area (Å²) in [7, 11) is 0. The molecule has 1 aromatic rings. The highest BCUT2D eigenvalue weighted by atomic mass is 16.5. The largest absolute Gasteiger partial charge is 0.379 e. The summed E-state index contributed by atoms with van der Waals surface area (Å²) in [6, 6.07) is 9.82. The van der Waals surface area contributed by atoms with Crippen molar-refractivity contribution in [1.82, 2.24) is 15.1 Å². The van der Waals surface area contributed by atoms with Gasteiger partial charge in [-0.05, 0) is 12.5 Å². The van der Waals surface area contributed by atoms with Crippen LogP contribution in [0.1, 0.15) is 18.9 Å². The molecule has 1 saturated heterocycles. The predicted molar refractivity (Wildman–Crippen MR) is 92.4 cm³/mol. The third-order valence-electron chi connectivity index (χ3n) is 4.12. The van der Waals surface area contributed by atoms with Gasteiger partial charge in [0.25, 0.3) is 0 Å². The second-order valence-electron chi connectivity index (χ2n) is 5.87. The maximum Gasteiger partial charge on any atom is 0.232 e. The van der Waals surface area contributed by atoms with Crippen molar-refractivity contribution in [3.63, 3.8) is 0 Å². The van der Waals surface area contributed by atoms with E-state index in [-0.39, 0.29) is 18.2 Å². The molecule has 0 saturated carbocycles. The number of rotatable bonds is 8. The molecule has 0 spiro atoms. The Morgan fingerprint density at radius 1 is 1.21 bits per heavy atom. The fraction of sp³-hybridized carbons (Fsp3) is 0.556. The van der Waals surface area contributed by atoms with Crippen LogP contribution in [0.4, 0.5) is 0 Å². The fourth-order valence-electron chi connectivity index (χ4n) is 2.67. The molecule has 1 aliphatic heterocycles. The standard InChI is InChI=1S/C18H27N3O3/c1-2-21(15-16-6-4-3-5-7-16)18(23)14-17(22)19-8-9-20-10-12-24-13-11-20/h3-7H,2,8-15H2,1H3,(H,19,22). The first-order valence-electron chi connectivity index (χ1n) is 8.57. The van der Waals surface area contributed by atoms with Gasteiger partial charge in [0.2, 0.25) is 11.8 Å². The zero-order valence-electron chi connectivity index (χ0n) is 14.4. The van der Waals surface area contributed by atoms with E-state index in [9.17, 15) is 9.59 Å². The number of hydrogen-bond acceptors (Lipinski definition) is 4. The van der Waals surface area contributed by atoms with E-state index in [4.69, 9.17) is 4.74 Å². The molecule has 1 heterocycles. The Bertz CT molecular complexity index is 516. The zero-order valence-corrected chi connectivity index (χ0v) is 14.4. The highest BCUT2D eigenvalue weighted by Crippen LogP contribution is 2.06. The van der Waals surface area contributed by atoms with Crippen LogP contribution in [0.2, 0.25) is 0 Å². The molecule has 1 fully saturated rings. The topological polar surface area (TPSA) is 61.9 Å². The molecule has 6 nitrogen and oxygen atoms in total. The molecule has 0 aliphatic carbocycles. The number of carbonyl (C=O) groups is 2. The van der Waals surface area contributed by atoms with Gasteiger partial charge in [-0.3, -0.25) is 14.5 Å². The van der Waals surface area contributed by atoms with Gasteiger partial charge in [0.1, 0.15) is 6.42 Å². The number of morpholine rings is 1. The number of nitrogens with one attached hydrogen (secondary N) is 1. The number of carbonyl (C=O) groups excluding carboxylic acids is 2. The maximum absolute atomic E-state index is 12.3. The van der Waals surface area contributed by atoms with E-state index in [2.05, 4.69) is 10.2 Å². The Labute approximate surface area is 143 Å². The van der Waals surface area contributed by atoms with Crippen molar-refractivity contribution in [2.24, 2.45) is 0 Å². The molecule has 0 aromatic heterocycles. The first-order valence-corrected chi connectivity index (χ1v) is 8.57. The average molecular weight is 333 g/mol. The van der Waals surface area contributed by atoms with Gasteiger partial charge in [-0.1, -0.05) is 30.3 Å². The molecule has 1 aromatic carbocycles. The normalized spacial score (nSPS) is 15.0. The van der Waals surface area contributed by atoms with Crippen LogP contribution in [-0.2, 0) is 20.9 Å². The van der Waals surface area contributed by atoms with Gasteiger partial charge in [0.05, 0.1) is 13.2 Å². The number of ether oxygens (including phenoxy) is 1. The summed E-state index contributed by atoms with van der Waals surface area (Å²) in [6.07, 6.45) is -0.0935. The van der Waals surface area contributed by atoms with E-state index in [0.717, 1.165) is 38.4 Å². The molecule has 1 N–H and O–H groups in total. The van der Waals surface area contributed by atoms with E-state index in [1.807, 2.05) is 37.3 Å². The highest BCUT2D eigenvalue weighted by molar-refractivity contribution is 5.96. The van der Waals surface area contributed by atoms with Crippen molar-refractivity contribution in [2.45, 2.75) is 19.9 Å². The van der Waals surface area contributed by atoms with Gasteiger partial charge < -0.3 is 15.0 Å². The first-order chi connectivity index (χ1) is 11.7. The lowest BCUT2D eigenvalue weighted by Crippen LogP contribution is -2.42. The van der Waals surface area contributed by atoms with Gasteiger partial charge in [0, 0.05) is 39.3 Å². The van der Waals surface area contributed by atoms with Gasteiger partial charge >= 0.3 is 0 Å². The van der Waals surface area contributed by atoms with Crippen LogP contribution < -0.4 is 5.32 Å². The summed E-state index contributed by atoms with van der Waals surface area (Å²) in [5, 5.41) is 2.83. The minimum Gasteiger partial charge on any atom is -0.379 e. The van der Waals surface area contributed by atoms with Crippen molar-refractivity contribution >= 4 is 11.8 Å². The lowest BCUT2D eigenvalue weighted by Gasteiger charge is -2.26. The molecule has 0 atom stereocenters. The molecule has 6 heteroatoms. The quantitative estimate of drug-likeness (QED) is 0.717. The number of amides is 2. The number of benzene rings is 1. The monoisotopic (exact) mass is 333 g/mol. The van der Waals surface area contributed by atoms with Crippen molar-refractivity contribution in [3.05, 3.63) is 35.9 Å². The van der Waals surface area contributed by atoms with Crippen LogP contribution >= 0.6 is 0 Å². The Balaban J connectivity index is 1.70. The molecule has 132 valence electrons. The lowest BCUT2D eigenvalue weighted by atomic mass is 10.2. The Kier molecular flexibility index (Phi) is 7.71. The Morgan fingerprint density at radius 2 is 1.92 bits per heavy atom. The van der Waals surface area contributed by atoms with Gasteiger partial charge in [0.15, 0.2) is 0 Å². The Hall–Kier alpha value is -1.92. The summed E-state index contributed by atoms with van der Waals surface area (Å²) in [5.41, 5.74) is 1.07. The zero-order chi connectivity index (χ0) is 17.2. The van der Waals surface area contributed by atoms with E-state index >= 15 is 0 Å². The van der Waals surface area contributed by atoms with E-state index in [1.165, 1.54) is 0 Å². The smallest absolute Gasteiger partial charge is 0.232 e. The van der Waals surface area contributed by atoms with Crippen LogP contribution in [0.25, 0.3) is 0 Å². The van der Waals surface area contributed by atoms with Crippen LogP contribution in [0.5, 0.6) is 0 Å². The summed E-state index contributed by atoms with van der Waals surface area (Å²) >= 11 is 0. The molecule has 0 bridgehead atoms. The van der Waals surface area contributed by atoms with Crippen molar-refractivity contribution in [2.75, 3.05) is 45.9 Å². The van der Waals surface area contributed by atoms with Crippen molar-refractivity contribution < 1.29 is 14.3 Å². The predicted octanol–water partition coefficient (Wildman–Crippen LogP) is 0.874. The second-order valence-corrected chi connectivity index (χ2v) is 5.87. The van der Waals surface area contributed by atoms with Gasteiger partial charge in [-0.2, -0.15) is 0 Å². The highest BCUT2D eigenvalue weighted by Gasteiger charge is 2.16. The van der Waals surface area contributed by atoms with E-state index in [1.54, 1.807) is 4.90 Å². The minimum absolute atomic E-state index is 0.0935. The van der Waals surface area contributed by atoms with Crippen molar-refractivity contribution in [3.8, 4) is 0 Å². The van der Waals surface area contributed by atoms with Crippen molar-refractivity contribution in [1.29, 1.82) is 0 Å². The van der Waals surface area contributed by atoms with E-state index in [0.29, 0.717) is 19.6 Å². The lowest BCUT2D eigenvalue weighted by molar-refractivity contribution is -0.136. The van der Waals surface area contributed by atoms with Crippen LogP contribution in [-0.4, -0.2) is 67.6 Å². The molecule has 24 heavy (non-hydrogen) atoms. The Morgan fingerprint density at radius 3 is 2.58 bits per heavy atom. The summed E-state index contributed by atoms with van der Waals surface area (Å²) < 4.78 is 5.29. The van der Waals surface area contributed by atoms with Crippen LogP contribution in [0.3, 0.4) is 0 Å². The van der Waals surface area contributed by atoms with Gasteiger partial charge in [-0.25, -0.2) is 0 Å². The number of nitrogens with zero attached hydrogens (tertiary/aromatic N) is 2. The molecular formula is C18H27N3O3. The third kappa shape index (κ3) is 6.29. The van der Waals surface area contributed by atoms with Crippen LogP contribution in [0, 0.1) is 0 Å². The van der Waals surface area contributed by atoms with Gasteiger partial charge in [-0.15, -0.1) is 0 Å². The molecule has 0 radical (unpaired) electrons. The van der Waals surface area contributed by atoms with Crippen LogP contribution in [0.15, 0.2) is 30.3 Å². The first kappa shape index (κ1) is 18.4. The average Bonchev–Trinajstić information content (AvgIpc) is 2.61. The molecular weight excluding hydrogens is 306 g/mol. The summed E-state index contributed by atoms with van der Waals surface area (Å²) in [5.74, 6) is -0.343. The fourth-order valence-corrected chi connectivity index (χ4v) is 2.67. The molecule has 2 amide bonds. The third-order valence-corrected chi connectivity index (χ3v) is 4.12.